The number of rotatable bonds is 4. The molecule has 18 heavy (non-hydrogen) atoms. The summed E-state index contributed by atoms with van der Waals surface area (Å²) in [5, 5.41) is 0. The summed E-state index contributed by atoms with van der Waals surface area (Å²) in [4.78, 5) is 24.8. The molecule has 1 fully saturated rings. The molecule has 1 aromatic carbocycles. The Balaban J connectivity index is 1.99. The molecule has 1 aliphatic heterocycles. The Morgan fingerprint density at radius 3 is 2.39 bits per heavy atom. The maximum absolute atomic E-state index is 11.7. The molecular formula is C15H19NO2. The van der Waals surface area contributed by atoms with Crippen LogP contribution < -0.4 is 0 Å². The number of aryl methyl sites for hydroxylation is 1. The van der Waals surface area contributed by atoms with Crippen LogP contribution in [0.25, 0.3) is 0 Å². The number of benzene rings is 1. The van der Waals surface area contributed by atoms with Crippen molar-refractivity contribution in [2.75, 3.05) is 6.54 Å². The number of ketones is 1. The first kappa shape index (κ1) is 12.8. The van der Waals surface area contributed by atoms with Crippen molar-refractivity contribution in [1.82, 2.24) is 4.90 Å². The second-order valence-electron chi connectivity index (χ2n) is 5.43. The van der Waals surface area contributed by atoms with Crippen LogP contribution in [0.15, 0.2) is 30.3 Å². The van der Waals surface area contributed by atoms with Crippen LogP contribution in [0, 0.1) is 0 Å². The molecule has 1 aliphatic rings. The number of hydrogen-bond donors (Lipinski definition) is 0. The molecule has 0 unspecified atom stereocenters. The number of nitrogens with zero attached hydrogens (tertiary/aromatic N) is 1. The topological polar surface area (TPSA) is 37.4 Å². The molecule has 2 rings (SSSR count). The van der Waals surface area contributed by atoms with Crippen molar-refractivity contribution in [3.63, 3.8) is 0 Å². The highest BCUT2D eigenvalue weighted by Gasteiger charge is 2.38. The minimum atomic E-state index is -0.312. The van der Waals surface area contributed by atoms with Gasteiger partial charge in [-0.2, -0.15) is 0 Å². The Hall–Kier alpha value is -1.64. The standard InChI is InChI=1S/C15H19NO2/c1-15(2,16-11-9-13(17)14(16)18)10-8-12-6-4-3-5-7-12/h3-7H,8-11H2,1-2H3. The number of amides is 1. The summed E-state index contributed by atoms with van der Waals surface area (Å²) in [5.41, 5.74) is 1.02. The van der Waals surface area contributed by atoms with E-state index in [0.717, 1.165) is 12.8 Å². The zero-order valence-electron chi connectivity index (χ0n) is 11.0. The molecule has 0 radical (unpaired) electrons. The summed E-state index contributed by atoms with van der Waals surface area (Å²) in [5.74, 6) is -0.559. The highest BCUT2D eigenvalue weighted by atomic mass is 16.2. The van der Waals surface area contributed by atoms with Crippen LogP contribution >= 0.6 is 0 Å². The van der Waals surface area contributed by atoms with Crippen LogP contribution in [0.3, 0.4) is 0 Å². The van der Waals surface area contributed by atoms with E-state index in [1.807, 2.05) is 32.0 Å². The third kappa shape index (κ3) is 2.61. The Morgan fingerprint density at radius 1 is 1.17 bits per heavy atom. The van der Waals surface area contributed by atoms with E-state index in [1.54, 1.807) is 4.90 Å². The van der Waals surface area contributed by atoms with Gasteiger partial charge in [0, 0.05) is 18.5 Å². The van der Waals surface area contributed by atoms with Crippen LogP contribution in [0.1, 0.15) is 32.3 Å². The summed E-state index contributed by atoms with van der Waals surface area (Å²) >= 11 is 0. The van der Waals surface area contributed by atoms with Gasteiger partial charge < -0.3 is 4.90 Å². The third-order valence-electron chi connectivity index (χ3n) is 3.65. The van der Waals surface area contributed by atoms with E-state index in [1.165, 1.54) is 5.56 Å². The second kappa shape index (κ2) is 4.92. The van der Waals surface area contributed by atoms with Gasteiger partial charge in [-0.05, 0) is 32.3 Å². The van der Waals surface area contributed by atoms with Crippen molar-refractivity contribution in [3.05, 3.63) is 35.9 Å². The molecule has 3 nitrogen and oxygen atoms in total. The van der Waals surface area contributed by atoms with Gasteiger partial charge in [0.25, 0.3) is 5.91 Å². The second-order valence-corrected chi connectivity index (χ2v) is 5.43. The Morgan fingerprint density at radius 2 is 1.83 bits per heavy atom. The summed E-state index contributed by atoms with van der Waals surface area (Å²) in [6.07, 6.45) is 2.16. The van der Waals surface area contributed by atoms with Crippen LogP contribution in [0.2, 0.25) is 0 Å². The van der Waals surface area contributed by atoms with E-state index in [4.69, 9.17) is 0 Å². The first-order chi connectivity index (χ1) is 8.50. The molecule has 0 saturated carbocycles. The smallest absolute Gasteiger partial charge is 0.290 e. The average Bonchev–Trinajstić information content (AvgIpc) is 2.70. The van der Waals surface area contributed by atoms with Crippen LogP contribution in [0.5, 0.6) is 0 Å². The minimum absolute atomic E-state index is 0.247. The zero-order valence-corrected chi connectivity index (χ0v) is 11.0. The van der Waals surface area contributed by atoms with Crippen LogP contribution in [0.4, 0.5) is 0 Å². The molecule has 0 atom stereocenters. The maximum Gasteiger partial charge on any atom is 0.290 e. The lowest BCUT2D eigenvalue weighted by atomic mass is 9.93. The van der Waals surface area contributed by atoms with Gasteiger partial charge in [-0.3, -0.25) is 9.59 Å². The minimum Gasteiger partial charge on any atom is -0.331 e. The first-order valence-electron chi connectivity index (χ1n) is 6.39. The number of hydrogen-bond acceptors (Lipinski definition) is 2. The van der Waals surface area contributed by atoms with Crippen LogP contribution in [-0.4, -0.2) is 28.7 Å². The van der Waals surface area contributed by atoms with Crippen molar-refractivity contribution in [1.29, 1.82) is 0 Å². The van der Waals surface area contributed by atoms with Gasteiger partial charge in [0.05, 0.1) is 0 Å². The highest BCUT2D eigenvalue weighted by molar-refractivity contribution is 6.38. The van der Waals surface area contributed by atoms with E-state index < -0.39 is 0 Å². The molecule has 1 amide bonds. The van der Waals surface area contributed by atoms with Gasteiger partial charge in [0.15, 0.2) is 0 Å². The van der Waals surface area contributed by atoms with Gasteiger partial charge >= 0.3 is 0 Å². The van der Waals surface area contributed by atoms with Gasteiger partial charge in [0.2, 0.25) is 5.78 Å². The van der Waals surface area contributed by atoms with Gasteiger partial charge in [-0.1, -0.05) is 30.3 Å². The van der Waals surface area contributed by atoms with Crippen molar-refractivity contribution in [2.45, 2.75) is 38.6 Å². The average molecular weight is 245 g/mol. The zero-order chi connectivity index (χ0) is 13.2. The molecule has 3 heteroatoms. The number of Topliss-reactive ketones (excluding diaryl/α,β-unsaturated/α-hetero) is 1. The Kier molecular flexibility index (Phi) is 3.50. The molecule has 0 bridgehead atoms. The molecule has 96 valence electrons. The predicted molar refractivity (Wildman–Crippen MR) is 70.2 cm³/mol. The lowest BCUT2D eigenvalue weighted by Gasteiger charge is -2.35. The molecule has 0 aromatic heterocycles. The lowest BCUT2D eigenvalue weighted by Crippen LogP contribution is -2.46. The summed E-state index contributed by atoms with van der Waals surface area (Å²) in [6, 6.07) is 10.2. The SMILES string of the molecule is CC(C)(CCc1ccccc1)N1CCC(=O)C1=O. The normalized spacial score (nSPS) is 16.4. The van der Waals surface area contributed by atoms with E-state index in [-0.39, 0.29) is 17.2 Å². The van der Waals surface area contributed by atoms with Crippen molar-refractivity contribution < 1.29 is 9.59 Å². The van der Waals surface area contributed by atoms with E-state index in [0.29, 0.717) is 13.0 Å². The maximum atomic E-state index is 11.7. The Bertz CT molecular complexity index is 451. The predicted octanol–water partition coefficient (Wildman–Crippen LogP) is 2.20. The van der Waals surface area contributed by atoms with E-state index in [9.17, 15) is 9.59 Å². The van der Waals surface area contributed by atoms with Crippen LogP contribution in [-0.2, 0) is 16.0 Å². The van der Waals surface area contributed by atoms with E-state index >= 15 is 0 Å². The highest BCUT2D eigenvalue weighted by Crippen LogP contribution is 2.25. The number of carbonyl (C=O) groups is 2. The quantitative estimate of drug-likeness (QED) is 0.763. The van der Waals surface area contributed by atoms with Gasteiger partial charge in [-0.25, -0.2) is 0 Å². The van der Waals surface area contributed by atoms with Crippen molar-refractivity contribution in [2.24, 2.45) is 0 Å². The third-order valence-corrected chi connectivity index (χ3v) is 3.65. The van der Waals surface area contributed by atoms with Gasteiger partial charge in [-0.15, -0.1) is 0 Å². The summed E-state index contributed by atoms with van der Waals surface area (Å²) in [7, 11) is 0. The molecule has 0 aliphatic carbocycles. The van der Waals surface area contributed by atoms with Crippen molar-refractivity contribution in [3.8, 4) is 0 Å². The van der Waals surface area contributed by atoms with E-state index in [2.05, 4.69) is 12.1 Å². The molecular weight excluding hydrogens is 226 g/mol. The monoisotopic (exact) mass is 245 g/mol. The number of carbonyl (C=O) groups excluding carboxylic acids is 2. The van der Waals surface area contributed by atoms with Gasteiger partial charge in [0.1, 0.15) is 0 Å². The fraction of sp³-hybridized carbons (Fsp3) is 0.467. The number of likely N-dealkylation sites (tertiary alicyclic amines) is 1. The molecule has 1 saturated heterocycles. The molecule has 0 N–H and O–H groups in total. The first-order valence-corrected chi connectivity index (χ1v) is 6.39. The summed E-state index contributed by atoms with van der Waals surface area (Å²) in [6.45, 7) is 4.64. The molecule has 0 spiro atoms. The lowest BCUT2D eigenvalue weighted by molar-refractivity contribution is -0.142. The molecule has 1 heterocycles. The fourth-order valence-corrected chi connectivity index (χ4v) is 2.38. The summed E-state index contributed by atoms with van der Waals surface area (Å²) < 4.78 is 0. The van der Waals surface area contributed by atoms with Crippen molar-refractivity contribution >= 4 is 11.7 Å². The Labute approximate surface area is 108 Å². The largest absolute Gasteiger partial charge is 0.331 e. The molecule has 1 aromatic rings. The fourth-order valence-electron chi connectivity index (χ4n) is 2.38.